The Labute approximate surface area is 131 Å². The SMILES string of the molecule is CC(C)O[C@H]1[C@@H](c2ccc(C(F)(F)F)cc2)SSC1(C)C. The second-order valence-corrected chi connectivity index (χ2v) is 8.93. The Kier molecular flexibility index (Phi) is 4.90. The Morgan fingerprint density at radius 3 is 2.19 bits per heavy atom. The van der Waals surface area contributed by atoms with Crippen LogP contribution in [-0.2, 0) is 10.9 Å². The van der Waals surface area contributed by atoms with E-state index in [0.29, 0.717) is 0 Å². The van der Waals surface area contributed by atoms with Crippen molar-refractivity contribution in [2.75, 3.05) is 0 Å². The van der Waals surface area contributed by atoms with Gasteiger partial charge < -0.3 is 4.74 Å². The van der Waals surface area contributed by atoms with E-state index >= 15 is 0 Å². The Balaban J connectivity index is 2.24. The normalized spacial score (nSPS) is 25.5. The minimum absolute atomic E-state index is 0.0239. The molecule has 0 radical (unpaired) electrons. The summed E-state index contributed by atoms with van der Waals surface area (Å²) >= 11 is 0. The van der Waals surface area contributed by atoms with Gasteiger partial charge in [0.1, 0.15) is 0 Å². The maximum absolute atomic E-state index is 12.6. The predicted molar refractivity (Wildman–Crippen MR) is 83.5 cm³/mol. The molecule has 2 atom stereocenters. The van der Waals surface area contributed by atoms with Crippen LogP contribution in [0, 0.1) is 0 Å². The first-order chi connectivity index (χ1) is 9.61. The predicted octanol–water partition coefficient (Wildman–Crippen LogP) is 5.71. The molecule has 2 rings (SSSR count). The van der Waals surface area contributed by atoms with Crippen molar-refractivity contribution in [2.24, 2.45) is 0 Å². The van der Waals surface area contributed by atoms with Gasteiger partial charge in [0.05, 0.1) is 23.0 Å². The van der Waals surface area contributed by atoms with E-state index in [2.05, 4.69) is 13.8 Å². The van der Waals surface area contributed by atoms with E-state index in [9.17, 15) is 13.2 Å². The molecule has 0 aromatic heterocycles. The van der Waals surface area contributed by atoms with Crippen molar-refractivity contribution in [3.05, 3.63) is 35.4 Å². The minimum atomic E-state index is -4.29. The zero-order valence-electron chi connectivity index (χ0n) is 12.4. The van der Waals surface area contributed by atoms with E-state index in [4.69, 9.17) is 4.74 Å². The average molecular weight is 336 g/mol. The van der Waals surface area contributed by atoms with Gasteiger partial charge in [-0.15, -0.1) is 0 Å². The van der Waals surface area contributed by atoms with E-state index in [1.165, 1.54) is 0 Å². The second-order valence-electron chi connectivity index (χ2n) is 5.93. The monoisotopic (exact) mass is 336 g/mol. The molecule has 1 aromatic carbocycles. The highest BCUT2D eigenvalue weighted by Gasteiger charge is 2.46. The van der Waals surface area contributed by atoms with Crippen LogP contribution in [-0.4, -0.2) is 17.0 Å². The minimum Gasteiger partial charge on any atom is -0.373 e. The summed E-state index contributed by atoms with van der Waals surface area (Å²) in [4.78, 5) is 0. The molecule has 0 bridgehead atoms. The first-order valence-corrected chi connectivity index (χ1v) is 8.99. The second kappa shape index (κ2) is 6.05. The van der Waals surface area contributed by atoms with Gasteiger partial charge in [-0.05, 0) is 45.4 Å². The van der Waals surface area contributed by atoms with Gasteiger partial charge in [-0.2, -0.15) is 13.2 Å². The first kappa shape index (κ1) is 17.0. The molecular weight excluding hydrogens is 317 g/mol. The molecule has 0 aliphatic carbocycles. The molecule has 1 aliphatic heterocycles. The molecule has 118 valence electrons. The number of halogens is 3. The zero-order chi connectivity index (χ0) is 15.8. The van der Waals surface area contributed by atoms with Crippen LogP contribution in [0.4, 0.5) is 13.2 Å². The van der Waals surface area contributed by atoms with Gasteiger partial charge in [-0.25, -0.2) is 0 Å². The molecule has 1 nitrogen and oxygen atoms in total. The van der Waals surface area contributed by atoms with E-state index < -0.39 is 11.7 Å². The molecular formula is C15H19F3OS2. The Morgan fingerprint density at radius 1 is 1.14 bits per heavy atom. The Bertz CT molecular complexity index is 483. The Hall–Kier alpha value is -0.330. The van der Waals surface area contributed by atoms with Gasteiger partial charge in [-0.3, -0.25) is 0 Å². The molecule has 0 amide bonds. The molecule has 6 heteroatoms. The summed E-state index contributed by atoms with van der Waals surface area (Å²) in [6.07, 6.45) is -4.22. The van der Waals surface area contributed by atoms with Crippen molar-refractivity contribution in [1.29, 1.82) is 0 Å². The Morgan fingerprint density at radius 2 is 1.71 bits per heavy atom. The summed E-state index contributed by atoms with van der Waals surface area (Å²) in [7, 11) is 3.41. The lowest BCUT2D eigenvalue weighted by Gasteiger charge is -2.30. The third kappa shape index (κ3) is 3.90. The topological polar surface area (TPSA) is 9.23 Å². The molecule has 1 aromatic rings. The summed E-state index contributed by atoms with van der Waals surface area (Å²) in [5, 5.41) is 0.0506. The number of alkyl halides is 3. The van der Waals surface area contributed by atoms with Gasteiger partial charge in [0.15, 0.2) is 0 Å². The lowest BCUT2D eigenvalue weighted by Crippen LogP contribution is -2.36. The van der Waals surface area contributed by atoms with Crippen molar-refractivity contribution in [3.63, 3.8) is 0 Å². The highest BCUT2D eigenvalue weighted by atomic mass is 33.1. The summed E-state index contributed by atoms with van der Waals surface area (Å²) in [6.45, 7) is 8.19. The molecule has 21 heavy (non-hydrogen) atoms. The molecule has 1 heterocycles. The maximum Gasteiger partial charge on any atom is 0.416 e. The third-order valence-corrected chi connectivity index (χ3v) is 7.00. The number of hydrogen-bond acceptors (Lipinski definition) is 3. The molecule has 1 saturated heterocycles. The van der Waals surface area contributed by atoms with Crippen LogP contribution in [0.5, 0.6) is 0 Å². The van der Waals surface area contributed by atoms with Crippen LogP contribution in [0.1, 0.15) is 44.1 Å². The van der Waals surface area contributed by atoms with Crippen molar-refractivity contribution < 1.29 is 17.9 Å². The lowest BCUT2D eigenvalue weighted by atomic mass is 9.96. The number of hydrogen-bond donors (Lipinski definition) is 0. The van der Waals surface area contributed by atoms with Crippen LogP contribution >= 0.6 is 21.6 Å². The maximum atomic E-state index is 12.6. The van der Waals surface area contributed by atoms with Gasteiger partial charge in [0, 0.05) is 4.75 Å². The quantitative estimate of drug-likeness (QED) is 0.654. The highest BCUT2D eigenvalue weighted by molar-refractivity contribution is 8.77. The third-order valence-electron chi connectivity index (χ3n) is 3.31. The first-order valence-electron chi connectivity index (χ1n) is 6.78. The average Bonchev–Trinajstić information content (AvgIpc) is 2.64. The molecule has 0 spiro atoms. The number of benzene rings is 1. The largest absolute Gasteiger partial charge is 0.416 e. The van der Waals surface area contributed by atoms with Crippen LogP contribution in [0.15, 0.2) is 24.3 Å². The van der Waals surface area contributed by atoms with Crippen molar-refractivity contribution in [3.8, 4) is 0 Å². The fourth-order valence-electron chi connectivity index (χ4n) is 2.26. The van der Waals surface area contributed by atoms with Gasteiger partial charge in [-0.1, -0.05) is 33.7 Å². The van der Waals surface area contributed by atoms with Crippen molar-refractivity contribution in [2.45, 2.75) is 56.1 Å². The molecule has 0 unspecified atom stereocenters. The van der Waals surface area contributed by atoms with E-state index in [1.807, 2.05) is 13.8 Å². The van der Waals surface area contributed by atoms with Crippen LogP contribution in [0.3, 0.4) is 0 Å². The number of rotatable bonds is 3. The zero-order valence-corrected chi connectivity index (χ0v) is 14.0. The summed E-state index contributed by atoms with van der Waals surface area (Å²) in [5.41, 5.74) is 0.277. The fourth-order valence-corrected chi connectivity index (χ4v) is 5.73. The van der Waals surface area contributed by atoms with Crippen LogP contribution in [0.2, 0.25) is 0 Å². The van der Waals surface area contributed by atoms with E-state index in [-0.39, 0.29) is 22.2 Å². The van der Waals surface area contributed by atoms with Gasteiger partial charge in [0.2, 0.25) is 0 Å². The summed E-state index contributed by atoms with van der Waals surface area (Å²) < 4.78 is 43.9. The number of ether oxygens (including phenoxy) is 1. The van der Waals surface area contributed by atoms with E-state index in [0.717, 1.165) is 17.7 Å². The van der Waals surface area contributed by atoms with Crippen LogP contribution in [0.25, 0.3) is 0 Å². The van der Waals surface area contributed by atoms with Gasteiger partial charge in [0.25, 0.3) is 0 Å². The smallest absolute Gasteiger partial charge is 0.373 e. The standard InChI is InChI=1S/C15H19F3OS2/c1-9(2)19-13-12(20-21-14(13,3)4)10-5-7-11(8-6-10)15(16,17)18/h5-9,12-13H,1-4H3/t12-,13+/m1/s1. The van der Waals surface area contributed by atoms with Crippen molar-refractivity contribution >= 4 is 21.6 Å². The molecule has 0 saturated carbocycles. The van der Waals surface area contributed by atoms with Crippen LogP contribution < -0.4 is 0 Å². The molecule has 0 N–H and O–H groups in total. The highest BCUT2D eigenvalue weighted by Crippen LogP contribution is 2.59. The molecule has 1 fully saturated rings. The molecule has 1 aliphatic rings. The van der Waals surface area contributed by atoms with Crippen molar-refractivity contribution in [1.82, 2.24) is 0 Å². The summed E-state index contributed by atoms with van der Waals surface area (Å²) in [6, 6.07) is 5.44. The van der Waals surface area contributed by atoms with Gasteiger partial charge >= 0.3 is 6.18 Å². The lowest BCUT2D eigenvalue weighted by molar-refractivity contribution is -0.137. The van der Waals surface area contributed by atoms with E-state index in [1.54, 1.807) is 33.7 Å². The summed E-state index contributed by atoms with van der Waals surface area (Å²) in [5.74, 6) is 0. The fraction of sp³-hybridized carbons (Fsp3) is 0.600.